The van der Waals surface area contributed by atoms with Crippen LogP contribution >= 0.6 is 0 Å². The number of hydrogen-bond donors (Lipinski definition) is 4. The predicted octanol–water partition coefficient (Wildman–Crippen LogP) is 2.74. The Morgan fingerprint density at radius 1 is 1.24 bits per heavy atom. The molecule has 4 heterocycles. The molecule has 5 aliphatic rings. The van der Waals surface area contributed by atoms with E-state index in [0.29, 0.717) is 25.0 Å². The second kappa shape index (κ2) is 8.99. The van der Waals surface area contributed by atoms with Crippen LogP contribution in [0.15, 0.2) is 24.4 Å². The number of aromatic nitrogens is 2. The molecule has 2 aliphatic carbocycles. The van der Waals surface area contributed by atoms with E-state index in [0.717, 1.165) is 42.7 Å². The van der Waals surface area contributed by atoms with Crippen molar-refractivity contribution in [3.63, 3.8) is 0 Å². The fraction of sp³-hybridized carbons (Fsp3) is 0.577. The van der Waals surface area contributed by atoms with Gasteiger partial charge in [-0.15, -0.1) is 0 Å². The van der Waals surface area contributed by atoms with Gasteiger partial charge in [-0.2, -0.15) is 8.78 Å². The molecule has 1 amide bonds. The number of rotatable bonds is 7. The first kappa shape index (κ1) is 24.0. The minimum atomic E-state index is -2.97. The van der Waals surface area contributed by atoms with E-state index in [4.69, 9.17) is 14.2 Å². The number of carbonyl (C=O) groups excluding carboxylic acids is 1. The molecule has 3 aliphatic heterocycles. The Bertz CT molecular complexity index is 1260. The molecule has 202 valence electrons. The maximum absolute atomic E-state index is 13.1. The quantitative estimate of drug-likeness (QED) is 0.430. The third-order valence-electron chi connectivity index (χ3n) is 9.03. The summed E-state index contributed by atoms with van der Waals surface area (Å²) < 4.78 is 41.4. The van der Waals surface area contributed by atoms with Crippen molar-refractivity contribution in [2.45, 2.75) is 55.8 Å². The van der Waals surface area contributed by atoms with Crippen LogP contribution in [-0.2, 0) is 14.9 Å². The van der Waals surface area contributed by atoms with E-state index in [1.165, 1.54) is 6.20 Å². The van der Waals surface area contributed by atoms with Crippen molar-refractivity contribution in [1.29, 1.82) is 0 Å². The van der Waals surface area contributed by atoms with Crippen LogP contribution in [0.1, 0.15) is 43.0 Å². The number of alkyl halides is 2. The highest BCUT2D eigenvalue weighted by atomic mass is 19.3. The van der Waals surface area contributed by atoms with Crippen LogP contribution < -0.4 is 31.0 Å². The Balaban J connectivity index is 1.05. The van der Waals surface area contributed by atoms with Crippen LogP contribution in [0, 0.1) is 17.8 Å². The van der Waals surface area contributed by atoms with Crippen LogP contribution in [0.3, 0.4) is 0 Å². The summed E-state index contributed by atoms with van der Waals surface area (Å²) in [5.74, 6) is 2.53. The van der Waals surface area contributed by atoms with Crippen molar-refractivity contribution in [3.05, 3.63) is 35.8 Å². The molecule has 38 heavy (non-hydrogen) atoms. The fourth-order valence-electron chi connectivity index (χ4n) is 6.92. The van der Waals surface area contributed by atoms with Crippen molar-refractivity contribution < 1.29 is 27.8 Å². The Morgan fingerprint density at radius 2 is 2.11 bits per heavy atom. The zero-order chi connectivity index (χ0) is 26.0. The van der Waals surface area contributed by atoms with Crippen LogP contribution in [0.25, 0.3) is 0 Å². The van der Waals surface area contributed by atoms with E-state index in [9.17, 15) is 13.6 Å². The van der Waals surface area contributed by atoms with E-state index < -0.39 is 12.0 Å². The largest absolute Gasteiger partial charge is 0.497 e. The summed E-state index contributed by atoms with van der Waals surface area (Å²) in [5, 5.41) is 6.37. The highest BCUT2D eigenvalue weighted by Gasteiger charge is 2.67. The van der Waals surface area contributed by atoms with Crippen molar-refractivity contribution in [3.8, 4) is 11.5 Å². The third kappa shape index (κ3) is 3.80. The molecular weight excluding hydrogens is 498 g/mol. The molecule has 4 unspecified atom stereocenters. The maximum Gasteiger partial charge on any atom is 0.387 e. The molecule has 12 heteroatoms. The molecule has 2 aromatic rings. The summed E-state index contributed by atoms with van der Waals surface area (Å²) in [6.45, 7) is -1.94. The average molecular weight is 529 g/mol. The number of fused-ring (bicyclic) bond motifs is 3. The predicted molar refractivity (Wildman–Crippen MR) is 132 cm³/mol. The molecule has 7 rings (SSSR count). The number of amides is 1. The molecule has 2 saturated carbocycles. The number of halogens is 2. The summed E-state index contributed by atoms with van der Waals surface area (Å²) in [7, 11) is 1.64. The van der Waals surface area contributed by atoms with E-state index in [2.05, 4.69) is 31.5 Å². The lowest BCUT2D eigenvalue weighted by molar-refractivity contribution is -0.118. The number of nitrogens with zero attached hydrogens (tertiary/aromatic N) is 2. The summed E-state index contributed by atoms with van der Waals surface area (Å²) in [4.78, 5) is 21.8. The van der Waals surface area contributed by atoms with Crippen LogP contribution in [0.2, 0.25) is 0 Å². The van der Waals surface area contributed by atoms with Crippen molar-refractivity contribution in [1.82, 2.24) is 20.8 Å². The lowest BCUT2D eigenvalue weighted by Gasteiger charge is -2.34. The minimum absolute atomic E-state index is 0.0535. The Hall–Kier alpha value is -3.09. The third-order valence-corrected chi connectivity index (χ3v) is 9.03. The number of benzene rings is 1. The van der Waals surface area contributed by atoms with Gasteiger partial charge in [-0.3, -0.25) is 10.2 Å². The molecule has 4 fully saturated rings. The van der Waals surface area contributed by atoms with E-state index in [-0.39, 0.29) is 47.4 Å². The van der Waals surface area contributed by atoms with E-state index >= 15 is 0 Å². The van der Waals surface area contributed by atoms with Crippen molar-refractivity contribution in [2.75, 3.05) is 31.0 Å². The van der Waals surface area contributed by atoms with Gasteiger partial charge in [0, 0.05) is 17.6 Å². The molecule has 10 nitrogen and oxygen atoms in total. The monoisotopic (exact) mass is 528 g/mol. The normalized spacial score (nSPS) is 33.5. The number of hydrogen-bond acceptors (Lipinski definition) is 9. The molecule has 6 atom stereocenters. The Kier molecular flexibility index (Phi) is 5.68. The maximum atomic E-state index is 13.1. The molecule has 0 bridgehead atoms. The summed E-state index contributed by atoms with van der Waals surface area (Å²) in [6, 6.07) is 5.98. The molecular formula is C26H30F2N6O4. The number of carbonyl (C=O) groups is 1. The van der Waals surface area contributed by atoms with Gasteiger partial charge >= 0.3 is 6.61 Å². The smallest absolute Gasteiger partial charge is 0.387 e. The lowest BCUT2D eigenvalue weighted by Crippen LogP contribution is -2.39. The fourth-order valence-corrected chi connectivity index (χ4v) is 6.92. The van der Waals surface area contributed by atoms with Crippen molar-refractivity contribution >= 4 is 17.4 Å². The van der Waals surface area contributed by atoms with Gasteiger partial charge in [0.2, 0.25) is 5.91 Å². The first-order valence-electron chi connectivity index (χ1n) is 13.1. The van der Waals surface area contributed by atoms with Crippen LogP contribution in [-0.4, -0.2) is 55.0 Å². The zero-order valence-electron chi connectivity index (χ0n) is 20.9. The number of anilines is 2. The van der Waals surface area contributed by atoms with Gasteiger partial charge in [-0.05, 0) is 61.3 Å². The lowest BCUT2D eigenvalue weighted by atomic mass is 9.74. The molecule has 4 N–H and O–H groups in total. The molecule has 1 aromatic carbocycles. The van der Waals surface area contributed by atoms with Gasteiger partial charge < -0.3 is 24.8 Å². The van der Waals surface area contributed by atoms with Gasteiger partial charge in [0.15, 0.2) is 11.6 Å². The molecule has 0 radical (unpaired) electrons. The van der Waals surface area contributed by atoms with Gasteiger partial charge in [-0.1, -0.05) is 0 Å². The highest BCUT2D eigenvalue weighted by Crippen LogP contribution is 2.65. The number of hydrazine groups is 1. The van der Waals surface area contributed by atoms with E-state index in [1.54, 1.807) is 7.11 Å². The first-order valence-corrected chi connectivity index (χ1v) is 13.1. The first-order chi connectivity index (χ1) is 18.5. The van der Waals surface area contributed by atoms with E-state index in [1.807, 2.05) is 18.2 Å². The average Bonchev–Trinajstić information content (AvgIpc) is 3.42. The summed E-state index contributed by atoms with van der Waals surface area (Å²) in [6.07, 6.45) is 4.76. The Morgan fingerprint density at radius 3 is 2.87 bits per heavy atom. The SMILES string of the molecule is COc1ccc2c(c1)[C@]1(C[C@H]1C1CCC3C(C1)NNC3Nc1nc(C3COC3)ncc1OC(F)F)C(=O)N2. The Labute approximate surface area is 218 Å². The minimum Gasteiger partial charge on any atom is -0.497 e. The number of methoxy groups -OCH3 is 1. The number of nitrogens with one attached hydrogen (secondary N) is 4. The highest BCUT2D eigenvalue weighted by molar-refractivity contribution is 6.09. The van der Waals surface area contributed by atoms with Gasteiger partial charge in [0.1, 0.15) is 11.6 Å². The second-order valence-electron chi connectivity index (χ2n) is 11.0. The van der Waals surface area contributed by atoms with Crippen LogP contribution in [0.5, 0.6) is 11.5 Å². The summed E-state index contributed by atoms with van der Waals surface area (Å²) in [5.41, 5.74) is 8.18. The van der Waals surface area contributed by atoms with Gasteiger partial charge in [0.25, 0.3) is 0 Å². The zero-order valence-corrected chi connectivity index (χ0v) is 20.9. The number of ether oxygens (including phenoxy) is 3. The molecule has 2 saturated heterocycles. The van der Waals surface area contributed by atoms with Crippen molar-refractivity contribution in [2.24, 2.45) is 17.8 Å². The van der Waals surface area contributed by atoms with Gasteiger partial charge in [-0.25, -0.2) is 15.4 Å². The topological polar surface area (TPSA) is 119 Å². The summed E-state index contributed by atoms with van der Waals surface area (Å²) >= 11 is 0. The standard InChI is InChI=1S/C26H30F2N6O4/c1-36-14-3-5-18-16(7-14)26(24(35)30-18)8-17(26)12-2-4-15-19(6-12)33-34-22(15)32-23-20(38-25(27)28)9-29-21(31-23)13-10-37-11-13/h3,5,7,9,12-13,15,17,19,22,25,33-34H,2,4,6,8,10-11H2,1H3,(H,30,35)(H,29,31,32)/t12?,15?,17-,19?,22?,26-/m0/s1. The van der Waals surface area contributed by atoms with Gasteiger partial charge in [0.05, 0.1) is 44.0 Å². The second-order valence-corrected chi connectivity index (χ2v) is 11.0. The van der Waals surface area contributed by atoms with Crippen LogP contribution in [0.4, 0.5) is 20.3 Å². The molecule has 1 aromatic heterocycles. The molecule has 1 spiro atoms.